The predicted octanol–water partition coefficient (Wildman–Crippen LogP) is 0.555. The first kappa shape index (κ1) is 11.7. The van der Waals surface area contributed by atoms with Gasteiger partial charge >= 0.3 is 35.5 Å². The van der Waals surface area contributed by atoms with E-state index in [1.54, 1.807) is 12.2 Å². The second kappa shape index (κ2) is 7.95. The summed E-state index contributed by atoms with van der Waals surface area (Å²) in [5, 5.41) is 8.02. The van der Waals surface area contributed by atoms with E-state index in [4.69, 9.17) is 5.11 Å². The second-order valence-electron chi connectivity index (χ2n) is 1.22. The van der Waals surface area contributed by atoms with Crippen LogP contribution in [0.15, 0.2) is 24.3 Å². The van der Waals surface area contributed by atoms with Crippen LogP contribution in [0.5, 0.6) is 0 Å². The van der Waals surface area contributed by atoms with Gasteiger partial charge in [-0.15, -0.1) is 0 Å². The number of carbonyl (C=O) groups is 1. The molecule has 0 rings (SSSR count). The Hall–Kier alpha value is -0.0500. The summed E-state index contributed by atoms with van der Waals surface area (Å²) in [6.07, 6.45) is 5.98. The van der Waals surface area contributed by atoms with Crippen LogP contribution in [-0.2, 0) is 4.79 Å². The van der Waals surface area contributed by atoms with Gasteiger partial charge < -0.3 is 5.11 Å². The van der Waals surface area contributed by atoms with E-state index >= 15 is 0 Å². The molecular formula is C6H9NaO2. The normalized spacial score (nSPS) is 9.89. The Morgan fingerprint density at radius 1 is 1.44 bits per heavy atom. The summed E-state index contributed by atoms with van der Waals surface area (Å²) < 4.78 is 0. The van der Waals surface area contributed by atoms with E-state index in [1.807, 2.05) is 6.92 Å². The zero-order chi connectivity index (χ0) is 6.41. The van der Waals surface area contributed by atoms with Gasteiger partial charge in [-0.05, 0) is 6.92 Å². The zero-order valence-corrected chi connectivity index (χ0v) is 4.66. The number of allylic oxidation sites excluding steroid dienone is 3. The molecule has 1 N–H and O–H groups in total. The summed E-state index contributed by atoms with van der Waals surface area (Å²) >= 11 is 0. The van der Waals surface area contributed by atoms with Gasteiger partial charge in [-0.3, -0.25) is 0 Å². The summed E-state index contributed by atoms with van der Waals surface area (Å²) in [6.45, 7) is 1.83. The third-order valence-electron chi connectivity index (χ3n) is 0.542. The van der Waals surface area contributed by atoms with Crippen LogP contribution in [0.3, 0.4) is 0 Å². The summed E-state index contributed by atoms with van der Waals surface area (Å²) in [5.41, 5.74) is 0. The molecule has 0 unspecified atom stereocenters. The molecule has 0 heterocycles. The molecule has 0 aliphatic carbocycles. The molecule has 0 radical (unpaired) electrons. The molecule has 0 fully saturated rings. The Morgan fingerprint density at radius 3 is 2.33 bits per heavy atom. The topological polar surface area (TPSA) is 37.3 Å². The summed E-state index contributed by atoms with van der Waals surface area (Å²) in [7, 11) is 0. The minimum atomic E-state index is -0.914. The van der Waals surface area contributed by atoms with E-state index < -0.39 is 5.97 Å². The number of aliphatic carboxylic acids is 1. The van der Waals surface area contributed by atoms with Crippen molar-refractivity contribution in [3.05, 3.63) is 24.3 Å². The van der Waals surface area contributed by atoms with Crippen LogP contribution in [0.2, 0.25) is 0 Å². The number of carboxylic acids is 1. The van der Waals surface area contributed by atoms with Gasteiger partial charge in [-0.2, -0.15) is 0 Å². The van der Waals surface area contributed by atoms with Gasteiger partial charge in [-0.1, -0.05) is 18.2 Å². The molecule has 0 aromatic carbocycles. The van der Waals surface area contributed by atoms with Crippen molar-refractivity contribution in [2.45, 2.75) is 6.92 Å². The Kier molecular flexibility index (Phi) is 10.3. The SMILES string of the molecule is C/C=C/C=C/C(=O)O.[NaH]. The molecule has 0 atom stereocenters. The van der Waals surface area contributed by atoms with Crippen LogP contribution in [-0.4, -0.2) is 40.6 Å². The Balaban J connectivity index is 0. The average molecular weight is 136 g/mol. The summed E-state index contributed by atoms with van der Waals surface area (Å²) in [6, 6.07) is 0. The van der Waals surface area contributed by atoms with E-state index in [2.05, 4.69) is 0 Å². The third kappa shape index (κ3) is 11.5. The van der Waals surface area contributed by atoms with E-state index in [-0.39, 0.29) is 29.6 Å². The van der Waals surface area contributed by atoms with Gasteiger partial charge in [0.25, 0.3) is 0 Å². The predicted molar refractivity (Wildman–Crippen MR) is 38.7 cm³/mol. The summed E-state index contributed by atoms with van der Waals surface area (Å²) in [4.78, 5) is 9.75. The molecule has 46 valence electrons. The fourth-order valence-corrected chi connectivity index (χ4v) is 0.249. The molecule has 0 saturated carbocycles. The van der Waals surface area contributed by atoms with Gasteiger partial charge in [0.1, 0.15) is 0 Å². The first-order valence-corrected chi connectivity index (χ1v) is 2.29. The van der Waals surface area contributed by atoms with Crippen LogP contribution in [0.25, 0.3) is 0 Å². The molecule has 0 bridgehead atoms. The second-order valence-corrected chi connectivity index (χ2v) is 1.22. The van der Waals surface area contributed by atoms with Crippen LogP contribution in [0.1, 0.15) is 6.92 Å². The molecule has 0 aromatic rings. The van der Waals surface area contributed by atoms with Gasteiger partial charge in [0.2, 0.25) is 0 Å². The zero-order valence-electron chi connectivity index (χ0n) is 4.66. The van der Waals surface area contributed by atoms with E-state index in [0.717, 1.165) is 6.08 Å². The quantitative estimate of drug-likeness (QED) is 0.342. The molecule has 2 nitrogen and oxygen atoms in total. The summed E-state index contributed by atoms with van der Waals surface area (Å²) in [5.74, 6) is -0.914. The van der Waals surface area contributed by atoms with Crippen molar-refractivity contribution in [3.8, 4) is 0 Å². The van der Waals surface area contributed by atoms with Gasteiger partial charge in [-0.25, -0.2) is 4.79 Å². The molecule has 9 heavy (non-hydrogen) atoms. The molecule has 0 aliphatic rings. The molecule has 0 aromatic heterocycles. The van der Waals surface area contributed by atoms with E-state index in [0.29, 0.717) is 0 Å². The van der Waals surface area contributed by atoms with E-state index in [9.17, 15) is 4.79 Å². The molecular weight excluding hydrogens is 127 g/mol. The Bertz CT molecular complexity index is 127. The monoisotopic (exact) mass is 136 g/mol. The van der Waals surface area contributed by atoms with Crippen LogP contribution in [0.4, 0.5) is 0 Å². The van der Waals surface area contributed by atoms with Crippen molar-refractivity contribution in [1.29, 1.82) is 0 Å². The number of rotatable bonds is 2. The first-order chi connectivity index (χ1) is 3.77. The maximum atomic E-state index is 9.75. The standard InChI is InChI=1S/C6H8O2.Na.H/c1-2-3-4-5-6(7)8;;/h2-5H,1H3,(H,7,8);;/b3-2+,5-4+;;. The minimum absolute atomic E-state index is 0. The number of hydrogen-bond donors (Lipinski definition) is 1. The van der Waals surface area contributed by atoms with Crippen LogP contribution >= 0.6 is 0 Å². The molecule has 0 saturated heterocycles. The first-order valence-electron chi connectivity index (χ1n) is 2.29. The van der Waals surface area contributed by atoms with Crippen LogP contribution < -0.4 is 0 Å². The van der Waals surface area contributed by atoms with Crippen molar-refractivity contribution >= 4 is 35.5 Å². The van der Waals surface area contributed by atoms with Crippen molar-refractivity contribution in [2.75, 3.05) is 0 Å². The van der Waals surface area contributed by atoms with E-state index in [1.165, 1.54) is 6.08 Å². The number of hydrogen-bond acceptors (Lipinski definition) is 1. The fourth-order valence-electron chi connectivity index (χ4n) is 0.249. The van der Waals surface area contributed by atoms with Gasteiger partial charge in [0, 0.05) is 6.08 Å². The van der Waals surface area contributed by atoms with Crippen molar-refractivity contribution < 1.29 is 9.90 Å². The van der Waals surface area contributed by atoms with Crippen molar-refractivity contribution in [2.24, 2.45) is 0 Å². The fraction of sp³-hybridized carbons (Fsp3) is 0.167. The third-order valence-corrected chi connectivity index (χ3v) is 0.542. The average Bonchev–Trinajstić information content (AvgIpc) is 1.66. The van der Waals surface area contributed by atoms with Crippen LogP contribution in [0, 0.1) is 0 Å². The number of carboxylic acid groups (broad SMARTS) is 1. The van der Waals surface area contributed by atoms with Crippen molar-refractivity contribution in [3.63, 3.8) is 0 Å². The Labute approximate surface area is 76.6 Å². The van der Waals surface area contributed by atoms with Gasteiger partial charge in [0.15, 0.2) is 0 Å². The molecule has 3 heteroatoms. The van der Waals surface area contributed by atoms with Crippen molar-refractivity contribution in [1.82, 2.24) is 0 Å². The molecule has 0 aliphatic heterocycles. The Morgan fingerprint density at radius 2 is 2.00 bits per heavy atom. The van der Waals surface area contributed by atoms with Gasteiger partial charge in [0.05, 0.1) is 0 Å². The molecule has 0 amide bonds. The molecule has 0 spiro atoms. The maximum absolute atomic E-state index is 9.75.